The Morgan fingerprint density at radius 1 is 0.833 bits per heavy atom. The lowest BCUT2D eigenvalue weighted by Crippen LogP contribution is -2.53. The molecular weight excluding hydrogens is 425 g/mol. The molecule has 3 rings (SSSR count). The standard InChI is InChI=1S/C23H25Cl2NO4/c1-13-19(15-5-9-17(29-3)10-6-15)26(23(28)22(24)25)20(14(2)21(13)27)16-7-11-18(30-4)12-8-16/h5-14,19-20,22H,1-4H3/t13-,14+,19+,20-. The molecule has 0 unspecified atom stereocenters. The molecule has 0 saturated carbocycles. The van der Waals surface area contributed by atoms with Gasteiger partial charge < -0.3 is 14.4 Å². The monoisotopic (exact) mass is 449 g/mol. The second-order valence-electron chi connectivity index (χ2n) is 7.46. The number of piperidine rings is 1. The fraction of sp³-hybridized carbons (Fsp3) is 0.391. The first-order chi connectivity index (χ1) is 14.3. The molecule has 0 aliphatic carbocycles. The fourth-order valence-electron chi connectivity index (χ4n) is 4.27. The van der Waals surface area contributed by atoms with Gasteiger partial charge in [0, 0.05) is 11.8 Å². The molecule has 0 aromatic heterocycles. The van der Waals surface area contributed by atoms with Gasteiger partial charge in [-0.15, -0.1) is 0 Å². The van der Waals surface area contributed by atoms with Crippen LogP contribution in [0.4, 0.5) is 0 Å². The van der Waals surface area contributed by atoms with E-state index in [9.17, 15) is 9.59 Å². The van der Waals surface area contributed by atoms with Crippen LogP contribution in [0.3, 0.4) is 0 Å². The van der Waals surface area contributed by atoms with Crippen LogP contribution in [0.25, 0.3) is 0 Å². The van der Waals surface area contributed by atoms with Crippen molar-refractivity contribution in [2.75, 3.05) is 14.2 Å². The average molecular weight is 450 g/mol. The third-order valence-electron chi connectivity index (χ3n) is 5.80. The summed E-state index contributed by atoms with van der Waals surface area (Å²) in [6.07, 6.45) is 0. The van der Waals surface area contributed by atoms with Gasteiger partial charge in [0.05, 0.1) is 26.3 Å². The Hall–Kier alpha value is -2.24. The lowest BCUT2D eigenvalue weighted by Gasteiger charge is -2.48. The maximum Gasteiger partial charge on any atom is 0.256 e. The van der Waals surface area contributed by atoms with Gasteiger partial charge in [-0.3, -0.25) is 9.59 Å². The van der Waals surface area contributed by atoms with Crippen molar-refractivity contribution in [1.29, 1.82) is 0 Å². The minimum atomic E-state index is -1.24. The highest BCUT2D eigenvalue weighted by Gasteiger charge is 2.48. The topological polar surface area (TPSA) is 55.8 Å². The summed E-state index contributed by atoms with van der Waals surface area (Å²) in [7, 11) is 3.18. The summed E-state index contributed by atoms with van der Waals surface area (Å²) < 4.78 is 10.5. The third-order valence-corrected chi connectivity index (χ3v) is 6.17. The van der Waals surface area contributed by atoms with Crippen LogP contribution >= 0.6 is 23.2 Å². The van der Waals surface area contributed by atoms with Crippen LogP contribution in [0.15, 0.2) is 48.5 Å². The number of benzene rings is 2. The first kappa shape index (κ1) is 22.4. The van der Waals surface area contributed by atoms with Crippen molar-refractivity contribution in [3.63, 3.8) is 0 Å². The Kier molecular flexibility index (Phi) is 6.94. The van der Waals surface area contributed by atoms with Crippen molar-refractivity contribution in [3.8, 4) is 11.5 Å². The number of amides is 1. The molecule has 0 spiro atoms. The Bertz CT molecular complexity index is 835. The molecule has 160 valence electrons. The number of ketones is 1. The van der Waals surface area contributed by atoms with E-state index in [1.54, 1.807) is 19.1 Å². The first-order valence-corrected chi connectivity index (χ1v) is 10.6. The van der Waals surface area contributed by atoms with Crippen molar-refractivity contribution in [2.24, 2.45) is 11.8 Å². The molecule has 1 amide bonds. The summed E-state index contributed by atoms with van der Waals surface area (Å²) in [5.41, 5.74) is 1.65. The van der Waals surface area contributed by atoms with E-state index in [2.05, 4.69) is 0 Å². The van der Waals surface area contributed by atoms with Crippen molar-refractivity contribution < 1.29 is 19.1 Å². The zero-order valence-electron chi connectivity index (χ0n) is 17.3. The van der Waals surface area contributed by atoms with Gasteiger partial charge in [-0.05, 0) is 35.4 Å². The zero-order valence-corrected chi connectivity index (χ0v) is 18.9. The molecule has 0 N–H and O–H groups in total. The van der Waals surface area contributed by atoms with E-state index >= 15 is 0 Å². The van der Waals surface area contributed by atoms with Gasteiger partial charge in [-0.2, -0.15) is 0 Å². The molecule has 1 aliphatic rings. The van der Waals surface area contributed by atoms with Crippen molar-refractivity contribution in [1.82, 2.24) is 4.90 Å². The number of Topliss-reactive ketones (excluding diaryl/α,β-unsaturated/α-hetero) is 1. The van der Waals surface area contributed by atoms with E-state index in [4.69, 9.17) is 32.7 Å². The molecule has 1 aliphatic heterocycles. The normalized spacial score (nSPS) is 24.1. The van der Waals surface area contributed by atoms with E-state index in [0.717, 1.165) is 11.1 Å². The minimum Gasteiger partial charge on any atom is -0.497 e. The van der Waals surface area contributed by atoms with Crippen molar-refractivity contribution in [3.05, 3.63) is 59.7 Å². The molecule has 5 nitrogen and oxygen atoms in total. The van der Waals surface area contributed by atoms with E-state index in [1.165, 1.54) is 0 Å². The second kappa shape index (κ2) is 9.27. The average Bonchev–Trinajstić information content (AvgIpc) is 2.77. The van der Waals surface area contributed by atoms with E-state index in [-0.39, 0.29) is 5.78 Å². The molecule has 2 aromatic carbocycles. The van der Waals surface area contributed by atoms with Gasteiger partial charge in [-0.25, -0.2) is 0 Å². The van der Waals surface area contributed by atoms with Gasteiger partial charge in [0.2, 0.25) is 0 Å². The number of carbonyl (C=O) groups excluding carboxylic acids is 2. The number of alkyl halides is 2. The number of nitrogens with zero attached hydrogens (tertiary/aromatic N) is 1. The minimum absolute atomic E-state index is 0.0846. The largest absolute Gasteiger partial charge is 0.497 e. The smallest absolute Gasteiger partial charge is 0.256 e. The maximum absolute atomic E-state index is 13.2. The van der Waals surface area contributed by atoms with Crippen LogP contribution < -0.4 is 9.47 Å². The summed E-state index contributed by atoms with van der Waals surface area (Å²) in [5.74, 6) is 0.212. The number of hydrogen-bond acceptors (Lipinski definition) is 4. The molecule has 1 heterocycles. The highest BCUT2D eigenvalue weighted by Crippen LogP contribution is 2.47. The number of halogens is 2. The van der Waals surface area contributed by atoms with E-state index in [1.807, 2.05) is 62.4 Å². The number of likely N-dealkylation sites (tertiary alicyclic amines) is 1. The van der Waals surface area contributed by atoms with Gasteiger partial charge in [0.1, 0.15) is 17.3 Å². The molecule has 0 radical (unpaired) electrons. The van der Waals surface area contributed by atoms with Crippen molar-refractivity contribution >= 4 is 34.9 Å². The van der Waals surface area contributed by atoms with Crippen LogP contribution in [0.5, 0.6) is 11.5 Å². The molecule has 0 bridgehead atoms. The van der Waals surface area contributed by atoms with Gasteiger partial charge in [0.15, 0.2) is 4.84 Å². The van der Waals surface area contributed by atoms with E-state index in [0.29, 0.717) is 11.5 Å². The lowest BCUT2D eigenvalue weighted by atomic mass is 9.74. The number of methoxy groups -OCH3 is 2. The molecule has 7 heteroatoms. The second-order valence-corrected chi connectivity index (χ2v) is 8.56. The molecule has 1 fully saturated rings. The first-order valence-electron chi connectivity index (χ1n) is 9.72. The van der Waals surface area contributed by atoms with Crippen LogP contribution in [0, 0.1) is 11.8 Å². The summed E-state index contributed by atoms with van der Waals surface area (Å²) in [5, 5.41) is 0. The lowest BCUT2D eigenvalue weighted by molar-refractivity contribution is -0.150. The highest BCUT2D eigenvalue weighted by atomic mass is 35.5. The number of carbonyl (C=O) groups is 2. The summed E-state index contributed by atoms with van der Waals surface area (Å²) in [4.78, 5) is 26.9. The Morgan fingerprint density at radius 2 is 1.20 bits per heavy atom. The summed E-state index contributed by atoms with van der Waals surface area (Å²) >= 11 is 12.1. The van der Waals surface area contributed by atoms with Gasteiger partial charge >= 0.3 is 0 Å². The molecule has 30 heavy (non-hydrogen) atoms. The SMILES string of the molecule is COc1ccc([C@@H]2[C@@H](C)C(=O)[C@@H](C)[C@H](c3ccc(OC)cc3)N2C(=O)C(Cl)Cl)cc1. The zero-order chi connectivity index (χ0) is 22.0. The fourth-order valence-corrected chi connectivity index (χ4v) is 4.49. The molecule has 4 atom stereocenters. The Labute approximate surface area is 186 Å². The van der Waals surface area contributed by atoms with E-state index < -0.39 is 34.7 Å². The number of rotatable bonds is 5. The van der Waals surface area contributed by atoms with Crippen LogP contribution in [-0.4, -0.2) is 35.6 Å². The summed E-state index contributed by atoms with van der Waals surface area (Å²) in [6.45, 7) is 3.69. The quantitative estimate of drug-likeness (QED) is 0.604. The predicted molar refractivity (Wildman–Crippen MR) is 117 cm³/mol. The Balaban J connectivity index is 2.14. The molecular formula is C23H25Cl2NO4. The van der Waals surface area contributed by atoms with Crippen molar-refractivity contribution in [2.45, 2.75) is 30.8 Å². The molecule has 2 aromatic rings. The summed E-state index contributed by atoms with van der Waals surface area (Å²) in [6, 6.07) is 13.7. The van der Waals surface area contributed by atoms with Gasteiger partial charge in [-0.1, -0.05) is 61.3 Å². The Morgan fingerprint density at radius 3 is 1.50 bits per heavy atom. The highest BCUT2D eigenvalue weighted by molar-refractivity contribution is 6.53. The van der Waals surface area contributed by atoms with Gasteiger partial charge in [0.25, 0.3) is 5.91 Å². The maximum atomic E-state index is 13.2. The third kappa shape index (κ3) is 4.14. The number of hydrogen-bond donors (Lipinski definition) is 0. The van der Waals surface area contributed by atoms with Crippen LogP contribution in [0.2, 0.25) is 0 Å². The van der Waals surface area contributed by atoms with Crippen LogP contribution in [0.1, 0.15) is 37.1 Å². The number of ether oxygens (including phenoxy) is 2. The predicted octanol–water partition coefficient (Wildman–Crippen LogP) is 4.97. The van der Waals surface area contributed by atoms with Crippen LogP contribution in [-0.2, 0) is 9.59 Å². The molecule has 1 saturated heterocycles.